The van der Waals surface area contributed by atoms with Gasteiger partial charge in [0.1, 0.15) is 0 Å². The molecule has 1 aromatic carbocycles. The van der Waals surface area contributed by atoms with E-state index < -0.39 is 11.7 Å². The Hall–Kier alpha value is -1.56. The largest absolute Gasteiger partial charge is 0.416 e. The Labute approximate surface area is 120 Å². The zero-order chi connectivity index (χ0) is 15.2. The molecule has 2 bridgehead atoms. The molecular weight excluding hydrogens is 281 g/mol. The fourth-order valence-corrected chi connectivity index (χ4v) is 3.69. The molecule has 2 fully saturated rings. The van der Waals surface area contributed by atoms with Gasteiger partial charge in [-0.25, -0.2) is 0 Å². The van der Waals surface area contributed by atoms with Crippen LogP contribution >= 0.6 is 0 Å². The first-order chi connectivity index (χ1) is 9.86. The van der Waals surface area contributed by atoms with Gasteiger partial charge in [-0.1, -0.05) is 0 Å². The van der Waals surface area contributed by atoms with Crippen LogP contribution in [0.25, 0.3) is 0 Å². The highest BCUT2D eigenvalue weighted by atomic mass is 19.4. The minimum absolute atomic E-state index is 0.127. The van der Waals surface area contributed by atoms with Gasteiger partial charge < -0.3 is 11.1 Å². The van der Waals surface area contributed by atoms with Gasteiger partial charge in [0.25, 0.3) is 0 Å². The molecule has 2 aliphatic rings. The van der Waals surface area contributed by atoms with Crippen molar-refractivity contribution in [3.8, 4) is 0 Å². The van der Waals surface area contributed by atoms with Gasteiger partial charge in [0.15, 0.2) is 0 Å². The maximum Gasteiger partial charge on any atom is 0.416 e. The van der Waals surface area contributed by atoms with Gasteiger partial charge in [-0.05, 0) is 55.4 Å². The molecular formula is C15H17F3N2O. The summed E-state index contributed by atoms with van der Waals surface area (Å²) in [6.07, 6.45) is -1.28. The molecule has 1 amide bonds. The van der Waals surface area contributed by atoms with Crippen LogP contribution in [0, 0.1) is 17.8 Å². The summed E-state index contributed by atoms with van der Waals surface area (Å²) in [5.41, 5.74) is 5.74. The smallest absolute Gasteiger partial charge is 0.327 e. The predicted molar refractivity (Wildman–Crippen MR) is 72.4 cm³/mol. The molecule has 4 unspecified atom stereocenters. The highest BCUT2D eigenvalue weighted by Gasteiger charge is 2.49. The zero-order valence-corrected chi connectivity index (χ0v) is 11.4. The third-order valence-corrected chi connectivity index (χ3v) is 4.76. The molecule has 114 valence electrons. The average Bonchev–Trinajstić information content (AvgIpc) is 2.98. The normalized spacial score (nSPS) is 31.4. The summed E-state index contributed by atoms with van der Waals surface area (Å²) in [7, 11) is 0. The number of hydrogen-bond acceptors (Lipinski definition) is 2. The number of fused-ring (bicyclic) bond motifs is 2. The van der Waals surface area contributed by atoms with Crippen LogP contribution in [-0.2, 0) is 11.0 Å². The molecule has 0 spiro atoms. The van der Waals surface area contributed by atoms with Crippen molar-refractivity contribution in [2.75, 3.05) is 5.32 Å². The number of anilines is 1. The zero-order valence-electron chi connectivity index (χ0n) is 11.4. The molecule has 3 nitrogen and oxygen atoms in total. The van der Waals surface area contributed by atoms with E-state index >= 15 is 0 Å². The summed E-state index contributed by atoms with van der Waals surface area (Å²) in [6.45, 7) is 0. The minimum Gasteiger partial charge on any atom is -0.327 e. The van der Waals surface area contributed by atoms with Crippen molar-refractivity contribution in [1.82, 2.24) is 0 Å². The van der Waals surface area contributed by atoms with Gasteiger partial charge in [-0.3, -0.25) is 4.79 Å². The molecule has 6 heteroatoms. The number of hydrogen-bond donors (Lipinski definition) is 2. The molecule has 0 aliphatic heterocycles. The molecule has 3 N–H and O–H groups in total. The standard InChI is InChI=1S/C15H17F3N2O/c16-15(17,18)10-3-5-11(6-4-10)20-14(21)12-8-1-2-9(7-8)13(12)19/h3-6,8-9,12-13H,1-2,7,19H2,(H,20,21). The second-order valence-corrected chi connectivity index (χ2v) is 6.00. The highest BCUT2D eigenvalue weighted by molar-refractivity contribution is 5.93. The molecule has 1 aromatic rings. The molecule has 2 aliphatic carbocycles. The number of amides is 1. The van der Waals surface area contributed by atoms with E-state index in [9.17, 15) is 18.0 Å². The van der Waals surface area contributed by atoms with Gasteiger partial charge in [0, 0.05) is 11.7 Å². The fourth-order valence-electron chi connectivity index (χ4n) is 3.69. The molecule has 21 heavy (non-hydrogen) atoms. The lowest BCUT2D eigenvalue weighted by atomic mass is 9.84. The highest BCUT2D eigenvalue weighted by Crippen LogP contribution is 2.47. The first kappa shape index (κ1) is 14.4. The van der Waals surface area contributed by atoms with Crippen molar-refractivity contribution in [2.45, 2.75) is 31.5 Å². The summed E-state index contributed by atoms with van der Waals surface area (Å²) in [5, 5.41) is 2.69. The monoisotopic (exact) mass is 298 g/mol. The van der Waals surface area contributed by atoms with Crippen molar-refractivity contribution < 1.29 is 18.0 Å². The fraction of sp³-hybridized carbons (Fsp3) is 0.533. The maximum atomic E-state index is 12.5. The Morgan fingerprint density at radius 1 is 1.14 bits per heavy atom. The molecule has 0 heterocycles. The first-order valence-corrected chi connectivity index (χ1v) is 7.10. The third kappa shape index (κ3) is 2.64. The Morgan fingerprint density at radius 2 is 1.76 bits per heavy atom. The number of rotatable bonds is 2. The van der Waals surface area contributed by atoms with Crippen LogP contribution in [0.2, 0.25) is 0 Å². The summed E-state index contributed by atoms with van der Waals surface area (Å²) >= 11 is 0. The lowest BCUT2D eigenvalue weighted by Gasteiger charge is -2.27. The van der Waals surface area contributed by atoms with Crippen LogP contribution in [0.5, 0.6) is 0 Å². The van der Waals surface area contributed by atoms with Crippen LogP contribution < -0.4 is 11.1 Å². The van der Waals surface area contributed by atoms with E-state index in [0.717, 1.165) is 31.4 Å². The average molecular weight is 298 g/mol. The number of alkyl halides is 3. The SMILES string of the molecule is NC1C2CCC(C2)C1C(=O)Nc1ccc(C(F)(F)F)cc1. The van der Waals surface area contributed by atoms with Crippen molar-refractivity contribution in [3.05, 3.63) is 29.8 Å². The molecule has 2 saturated carbocycles. The third-order valence-electron chi connectivity index (χ3n) is 4.76. The molecule has 0 radical (unpaired) electrons. The van der Waals surface area contributed by atoms with Crippen LogP contribution in [0.1, 0.15) is 24.8 Å². The number of nitrogens with two attached hydrogens (primary N) is 1. The second-order valence-electron chi connectivity index (χ2n) is 6.00. The van der Waals surface area contributed by atoms with Gasteiger partial charge >= 0.3 is 6.18 Å². The van der Waals surface area contributed by atoms with E-state index in [1.165, 1.54) is 12.1 Å². The predicted octanol–water partition coefficient (Wildman–Crippen LogP) is 3.02. The van der Waals surface area contributed by atoms with Gasteiger partial charge in [0.05, 0.1) is 11.5 Å². The van der Waals surface area contributed by atoms with E-state index in [1.807, 2.05) is 0 Å². The number of halogens is 3. The minimum atomic E-state index is -4.37. The Morgan fingerprint density at radius 3 is 2.29 bits per heavy atom. The lowest BCUT2D eigenvalue weighted by Crippen LogP contribution is -2.42. The lowest BCUT2D eigenvalue weighted by molar-refractivity contribution is -0.137. The first-order valence-electron chi connectivity index (χ1n) is 7.10. The van der Waals surface area contributed by atoms with Crippen molar-refractivity contribution in [3.63, 3.8) is 0 Å². The summed E-state index contributed by atoms with van der Waals surface area (Å²) in [4.78, 5) is 12.3. The number of benzene rings is 1. The second kappa shape index (κ2) is 5.02. The maximum absolute atomic E-state index is 12.5. The quantitative estimate of drug-likeness (QED) is 0.882. The van der Waals surface area contributed by atoms with E-state index in [2.05, 4.69) is 5.32 Å². The molecule has 4 atom stereocenters. The van der Waals surface area contributed by atoms with Crippen LogP contribution in [0.15, 0.2) is 24.3 Å². The Balaban J connectivity index is 1.68. The number of carbonyl (C=O) groups is 1. The van der Waals surface area contributed by atoms with Gasteiger partial charge in [-0.2, -0.15) is 13.2 Å². The van der Waals surface area contributed by atoms with Gasteiger partial charge in [0.2, 0.25) is 5.91 Å². The van der Waals surface area contributed by atoms with Crippen molar-refractivity contribution in [2.24, 2.45) is 23.5 Å². The van der Waals surface area contributed by atoms with Crippen molar-refractivity contribution in [1.29, 1.82) is 0 Å². The van der Waals surface area contributed by atoms with Crippen molar-refractivity contribution >= 4 is 11.6 Å². The van der Waals surface area contributed by atoms with E-state index in [1.54, 1.807) is 0 Å². The van der Waals surface area contributed by atoms with Crippen LogP contribution in [0.4, 0.5) is 18.9 Å². The molecule has 0 saturated heterocycles. The number of nitrogens with one attached hydrogen (secondary N) is 1. The molecule has 3 rings (SSSR count). The van der Waals surface area contributed by atoms with E-state index in [0.29, 0.717) is 17.5 Å². The number of carbonyl (C=O) groups excluding carboxylic acids is 1. The summed E-state index contributed by atoms with van der Waals surface area (Å²) in [5.74, 6) is 0.346. The topological polar surface area (TPSA) is 55.1 Å². The van der Waals surface area contributed by atoms with E-state index in [4.69, 9.17) is 5.73 Å². The Kier molecular flexibility index (Phi) is 3.43. The van der Waals surface area contributed by atoms with Crippen LogP contribution in [-0.4, -0.2) is 11.9 Å². The van der Waals surface area contributed by atoms with Gasteiger partial charge in [-0.15, -0.1) is 0 Å². The Bertz CT molecular complexity index is 539. The molecule has 0 aromatic heterocycles. The van der Waals surface area contributed by atoms with E-state index in [-0.39, 0.29) is 17.9 Å². The van der Waals surface area contributed by atoms with Crippen LogP contribution in [0.3, 0.4) is 0 Å². The summed E-state index contributed by atoms with van der Waals surface area (Å²) < 4.78 is 37.4. The summed E-state index contributed by atoms with van der Waals surface area (Å²) in [6, 6.07) is 4.36.